The molecule has 0 aliphatic heterocycles. The maximum Gasteiger partial charge on any atom is 0.261 e. The number of nitrogens with zero attached hydrogens (tertiary/aromatic N) is 2. The first-order chi connectivity index (χ1) is 15.0. The van der Waals surface area contributed by atoms with Gasteiger partial charge in [0.05, 0.1) is 11.4 Å². The summed E-state index contributed by atoms with van der Waals surface area (Å²) >= 11 is 0. The molecule has 5 heteroatoms. The zero-order chi connectivity index (χ0) is 21.8. The predicted molar refractivity (Wildman–Crippen MR) is 123 cm³/mol. The zero-order valence-corrected chi connectivity index (χ0v) is 17.5. The molecule has 2 heterocycles. The number of rotatable bonds is 5. The Hall–Kier alpha value is -3.99. The lowest BCUT2D eigenvalue weighted by Crippen LogP contribution is -2.27. The second-order valence-corrected chi connectivity index (χ2v) is 7.43. The summed E-state index contributed by atoms with van der Waals surface area (Å²) in [6.07, 6.45) is 1.66. The Morgan fingerprint density at radius 3 is 2.35 bits per heavy atom. The summed E-state index contributed by atoms with van der Waals surface area (Å²) in [4.78, 5) is 30.9. The molecule has 0 bridgehead atoms. The Labute approximate surface area is 181 Å². The topological polar surface area (TPSA) is 64.0 Å². The Balaban J connectivity index is 1.90. The monoisotopic (exact) mass is 409 g/mol. The largest absolute Gasteiger partial charge is 0.338 e. The molecule has 0 spiro atoms. The number of aryl methyl sites for hydroxylation is 2. The second kappa shape index (κ2) is 8.79. The van der Waals surface area contributed by atoms with Gasteiger partial charge in [-0.2, -0.15) is 0 Å². The van der Waals surface area contributed by atoms with E-state index < -0.39 is 5.91 Å². The number of hydrogen-bond donors (Lipinski definition) is 1. The van der Waals surface area contributed by atoms with Crippen molar-refractivity contribution in [1.82, 2.24) is 9.55 Å². The molecule has 1 N–H and O–H groups in total. The van der Waals surface area contributed by atoms with Crippen LogP contribution in [0, 0.1) is 13.8 Å². The van der Waals surface area contributed by atoms with Crippen LogP contribution in [0.25, 0.3) is 11.4 Å². The van der Waals surface area contributed by atoms with E-state index in [1.807, 2.05) is 91.2 Å². The minimum absolute atomic E-state index is 0.0866. The number of amides is 1. The van der Waals surface area contributed by atoms with Gasteiger partial charge in [-0.25, -0.2) is 0 Å². The molecule has 0 atom stereocenters. The van der Waals surface area contributed by atoms with E-state index in [9.17, 15) is 9.59 Å². The summed E-state index contributed by atoms with van der Waals surface area (Å²) in [5.41, 5.74) is 4.28. The van der Waals surface area contributed by atoms with E-state index in [1.54, 1.807) is 6.20 Å². The van der Waals surface area contributed by atoms with Gasteiger partial charge in [0.2, 0.25) is 0 Å². The highest BCUT2D eigenvalue weighted by atomic mass is 16.2. The van der Waals surface area contributed by atoms with Crippen LogP contribution < -0.4 is 10.7 Å². The van der Waals surface area contributed by atoms with Gasteiger partial charge in [-0.05, 0) is 43.2 Å². The molecule has 0 radical (unpaired) electrons. The summed E-state index contributed by atoms with van der Waals surface area (Å²) in [6, 6.07) is 24.4. The maximum atomic E-state index is 13.3. The van der Waals surface area contributed by atoms with Gasteiger partial charge in [-0.1, -0.05) is 54.6 Å². The third kappa shape index (κ3) is 4.31. The molecule has 0 fully saturated rings. The van der Waals surface area contributed by atoms with E-state index in [1.165, 1.54) is 6.07 Å². The summed E-state index contributed by atoms with van der Waals surface area (Å²) in [5.74, 6) is -0.443. The fraction of sp³-hybridized carbons (Fsp3) is 0.115. The minimum atomic E-state index is -0.443. The van der Waals surface area contributed by atoms with Crippen LogP contribution in [0.4, 0.5) is 5.69 Å². The van der Waals surface area contributed by atoms with Gasteiger partial charge in [0.25, 0.3) is 5.91 Å². The zero-order valence-electron chi connectivity index (χ0n) is 17.5. The van der Waals surface area contributed by atoms with Gasteiger partial charge in [-0.3, -0.25) is 14.6 Å². The molecule has 1 amide bonds. The first kappa shape index (κ1) is 20.3. The summed E-state index contributed by atoms with van der Waals surface area (Å²) < 4.78 is 1.98. The first-order valence-electron chi connectivity index (χ1n) is 10.1. The molecule has 0 aliphatic rings. The van der Waals surface area contributed by atoms with Crippen LogP contribution in [0.2, 0.25) is 0 Å². The Morgan fingerprint density at radius 2 is 1.65 bits per heavy atom. The predicted octanol–water partition coefficient (Wildman–Crippen LogP) is 4.83. The Kier molecular flexibility index (Phi) is 5.76. The van der Waals surface area contributed by atoms with Crippen LogP contribution in [-0.4, -0.2) is 15.5 Å². The number of aromatic nitrogens is 2. The van der Waals surface area contributed by atoms with Crippen LogP contribution in [0.5, 0.6) is 0 Å². The molecule has 2 aromatic heterocycles. The number of pyridine rings is 2. The molecule has 0 saturated carbocycles. The fourth-order valence-electron chi connectivity index (χ4n) is 3.62. The van der Waals surface area contributed by atoms with Crippen molar-refractivity contribution < 1.29 is 4.79 Å². The lowest BCUT2D eigenvalue weighted by atomic mass is 10.1. The van der Waals surface area contributed by atoms with Gasteiger partial charge < -0.3 is 9.88 Å². The SMILES string of the molecule is Cc1ccccc1NC(=O)c1c(-c2ccccn2)n(Cc2ccccc2)c(C)cc1=O. The van der Waals surface area contributed by atoms with Crippen molar-refractivity contribution in [3.63, 3.8) is 0 Å². The number of hydrogen-bond acceptors (Lipinski definition) is 3. The lowest BCUT2D eigenvalue weighted by molar-refractivity contribution is 0.102. The van der Waals surface area contributed by atoms with Crippen molar-refractivity contribution >= 4 is 11.6 Å². The number of nitrogens with one attached hydrogen (secondary N) is 1. The normalized spacial score (nSPS) is 10.6. The molecule has 2 aromatic carbocycles. The molecular weight excluding hydrogens is 386 g/mol. The van der Waals surface area contributed by atoms with E-state index in [-0.39, 0.29) is 11.0 Å². The molecule has 0 unspecified atom stereocenters. The molecule has 154 valence electrons. The average Bonchev–Trinajstić information content (AvgIpc) is 2.78. The Morgan fingerprint density at radius 1 is 0.935 bits per heavy atom. The Bertz CT molecular complexity index is 1280. The third-order valence-electron chi connectivity index (χ3n) is 5.23. The number of para-hydroxylation sites is 1. The lowest BCUT2D eigenvalue weighted by Gasteiger charge is -2.20. The summed E-state index contributed by atoms with van der Waals surface area (Å²) in [6.45, 7) is 4.31. The van der Waals surface area contributed by atoms with Gasteiger partial charge in [-0.15, -0.1) is 0 Å². The van der Waals surface area contributed by atoms with Crippen LogP contribution in [0.15, 0.2) is 89.9 Å². The number of benzene rings is 2. The second-order valence-electron chi connectivity index (χ2n) is 7.43. The van der Waals surface area contributed by atoms with Crippen molar-refractivity contribution in [2.45, 2.75) is 20.4 Å². The van der Waals surface area contributed by atoms with Crippen molar-refractivity contribution in [3.05, 3.63) is 118 Å². The highest BCUT2D eigenvalue weighted by Gasteiger charge is 2.23. The summed E-state index contributed by atoms with van der Waals surface area (Å²) in [7, 11) is 0. The highest BCUT2D eigenvalue weighted by molar-refractivity contribution is 6.08. The van der Waals surface area contributed by atoms with Crippen molar-refractivity contribution in [2.75, 3.05) is 5.32 Å². The van der Waals surface area contributed by atoms with Gasteiger partial charge >= 0.3 is 0 Å². The van der Waals surface area contributed by atoms with E-state index in [2.05, 4.69) is 10.3 Å². The molecule has 5 nitrogen and oxygen atoms in total. The number of carbonyl (C=O) groups excluding carboxylic acids is 1. The standard InChI is InChI=1S/C26H23N3O2/c1-18-10-6-7-13-21(18)28-26(31)24-23(30)16-19(2)29(17-20-11-4-3-5-12-20)25(24)22-14-8-9-15-27-22/h3-16H,17H2,1-2H3,(H,28,31). The van der Waals surface area contributed by atoms with Crippen molar-refractivity contribution in [3.8, 4) is 11.4 Å². The van der Waals surface area contributed by atoms with E-state index in [0.29, 0.717) is 23.6 Å². The van der Waals surface area contributed by atoms with E-state index in [0.717, 1.165) is 16.8 Å². The summed E-state index contributed by atoms with van der Waals surface area (Å²) in [5, 5.41) is 2.91. The number of anilines is 1. The molecule has 31 heavy (non-hydrogen) atoms. The van der Waals surface area contributed by atoms with Crippen LogP contribution in [0.3, 0.4) is 0 Å². The maximum absolute atomic E-state index is 13.3. The molecular formula is C26H23N3O2. The fourth-order valence-corrected chi connectivity index (χ4v) is 3.62. The smallest absolute Gasteiger partial charge is 0.261 e. The van der Waals surface area contributed by atoms with E-state index >= 15 is 0 Å². The highest BCUT2D eigenvalue weighted by Crippen LogP contribution is 2.24. The quantitative estimate of drug-likeness (QED) is 0.514. The van der Waals surface area contributed by atoms with Crippen LogP contribution >= 0.6 is 0 Å². The third-order valence-corrected chi connectivity index (χ3v) is 5.23. The van der Waals surface area contributed by atoms with E-state index in [4.69, 9.17) is 0 Å². The molecule has 4 rings (SSSR count). The first-order valence-corrected chi connectivity index (χ1v) is 10.1. The van der Waals surface area contributed by atoms with Crippen LogP contribution in [0.1, 0.15) is 27.2 Å². The molecule has 0 aliphatic carbocycles. The van der Waals surface area contributed by atoms with Crippen molar-refractivity contribution in [2.24, 2.45) is 0 Å². The van der Waals surface area contributed by atoms with Crippen molar-refractivity contribution in [1.29, 1.82) is 0 Å². The van der Waals surface area contributed by atoms with Gasteiger partial charge in [0.15, 0.2) is 5.43 Å². The minimum Gasteiger partial charge on any atom is -0.338 e. The van der Waals surface area contributed by atoms with Crippen LogP contribution in [-0.2, 0) is 6.54 Å². The molecule has 0 saturated heterocycles. The van der Waals surface area contributed by atoms with Gasteiger partial charge in [0.1, 0.15) is 5.56 Å². The molecule has 4 aromatic rings. The number of carbonyl (C=O) groups is 1. The average molecular weight is 409 g/mol. The van der Waals surface area contributed by atoms with Gasteiger partial charge in [0, 0.05) is 30.2 Å².